The summed E-state index contributed by atoms with van der Waals surface area (Å²) in [6.45, 7) is 1.93. The van der Waals surface area contributed by atoms with Gasteiger partial charge in [0.25, 0.3) is 0 Å². The first kappa shape index (κ1) is 13.5. The average molecular weight is 303 g/mol. The number of likely N-dealkylation sites (N-methyl/N-ethyl adjacent to an activating group) is 1. The summed E-state index contributed by atoms with van der Waals surface area (Å²) in [7, 11) is 1.81. The second kappa shape index (κ2) is 5.49. The summed E-state index contributed by atoms with van der Waals surface area (Å²) in [6.07, 6.45) is 1.50. The van der Waals surface area contributed by atoms with Crippen molar-refractivity contribution in [2.45, 2.75) is 6.92 Å². The first-order valence-corrected chi connectivity index (χ1v) is 7.14. The highest BCUT2D eigenvalue weighted by Crippen LogP contribution is 2.25. The molecule has 3 rings (SSSR count). The molecule has 0 saturated carbocycles. The molecule has 7 nitrogen and oxygen atoms in total. The quantitative estimate of drug-likeness (QED) is 0.794. The van der Waals surface area contributed by atoms with Gasteiger partial charge in [-0.2, -0.15) is 0 Å². The van der Waals surface area contributed by atoms with E-state index in [0.717, 1.165) is 16.0 Å². The lowest BCUT2D eigenvalue weighted by Crippen LogP contribution is -2.30. The van der Waals surface area contributed by atoms with Crippen molar-refractivity contribution in [1.82, 2.24) is 15.1 Å². The van der Waals surface area contributed by atoms with Crippen LogP contribution in [0.5, 0.6) is 0 Å². The maximum atomic E-state index is 12.0. The van der Waals surface area contributed by atoms with E-state index in [-0.39, 0.29) is 12.5 Å². The van der Waals surface area contributed by atoms with Crippen molar-refractivity contribution in [3.8, 4) is 0 Å². The molecule has 0 aliphatic carbocycles. The van der Waals surface area contributed by atoms with Gasteiger partial charge in [-0.3, -0.25) is 4.79 Å². The van der Waals surface area contributed by atoms with Crippen LogP contribution in [0.2, 0.25) is 0 Å². The highest BCUT2D eigenvalue weighted by molar-refractivity contribution is 7.16. The number of amides is 1. The Morgan fingerprint density at radius 3 is 3.10 bits per heavy atom. The molecular weight excluding hydrogens is 290 g/mol. The van der Waals surface area contributed by atoms with Crippen LogP contribution in [0.1, 0.15) is 5.76 Å². The monoisotopic (exact) mass is 303 g/mol. The number of fused-ring (bicyclic) bond motifs is 1. The molecule has 3 aromatic heterocycles. The second-order valence-corrected chi connectivity index (χ2v) is 5.46. The molecule has 0 radical (unpaired) electrons. The molecule has 0 saturated heterocycles. The lowest BCUT2D eigenvalue weighted by Gasteiger charge is -2.17. The number of hydrogen-bond acceptors (Lipinski definition) is 7. The van der Waals surface area contributed by atoms with Gasteiger partial charge in [0, 0.05) is 13.1 Å². The molecule has 0 aromatic carbocycles. The molecule has 1 N–H and O–H groups in total. The predicted octanol–water partition coefficient (Wildman–Crippen LogP) is 2.06. The zero-order chi connectivity index (χ0) is 14.8. The summed E-state index contributed by atoms with van der Waals surface area (Å²) >= 11 is 1.54. The summed E-state index contributed by atoms with van der Waals surface area (Å²) in [4.78, 5) is 23.1. The largest absolute Gasteiger partial charge is 0.360 e. The number of aryl methyl sites for hydroxylation is 1. The zero-order valence-electron chi connectivity index (χ0n) is 11.5. The van der Waals surface area contributed by atoms with Crippen LogP contribution in [0.4, 0.5) is 11.6 Å². The van der Waals surface area contributed by atoms with Crippen molar-refractivity contribution in [2.75, 3.05) is 23.8 Å². The Hall–Kier alpha value is -2.48. The van der Waals surface area contributed by atoms with Gasteiger partial charge in [-0.25, -0.2) is 9.97 Å². The molecule has 0 atom stereocenters. The summed E-state index contributed by atoms with van der Waals surface area (Å²) in [6, 6.07) is 3.62. The molecule has 0 bridgehead atoms. The maximum absolute atomic E-state index is 12.0. The lowest BCUT2D eigenvalue weighted by atomic mass is 10.3. The number of nitrogens with zero attached hydrogens (tertiary/aromatic N) is 4. The Balaban J connectivity index is 1.72. The number of carbonyl (C=O) groups excluding carboxylic acids is 1. The van der Waals surface area contributed by atoms with Gasteiger partial charge in [-0.05, 0) is 18.4 Å². The van der Waals surface area contributed by atoms with Crippen LogP contribution in [0.3, 0.4) is 0 Å². The SMILES string of the molecule is Cc1cc(NC(=O)CN(C)c2ncnc3sccc23)no1. The maximum Gasteiger partial charge on any atom is 0.245 e. The lowest BCUT2D eigenvalue weighted by molar-refractivity contribution is -0.115. The van der Waals surface area contributed by atoms with Gasteiger partial charge in [0.2, 0.25) is 5.91 Å². The third-order valence-corrected chi connectivity index (χ3v) is 3.70. The summed E-state index contributed by atoms with van der Waals surface area (Å²) < 4.78 is 4.90. The Labute approximate surface area is 124 Å². The number of thiophene rings is 1. The summed E-state index contributed by atoms with van der Waals surface area (Å²) in [5.41, 5.74) is 0. The molecule has 0 unspecified atom stereocenters. The van der Waals surface area contributed by atoms with Gasteiger partial charge in [0.1, 0.15) is 22.7 Å². The minimum absolute atomic E-state index is 0.161. The Kier molecular flexibility index (Phi) is 3.53. The van der Waals surface area contributed by atoms with Gasteiger partial charge in [-0.15, -0.1) is 11.3 Å². The van der Waals surface area contributed by atoms with Crippen molar-refractivity contribution in [3.63, 3.8) is 0 Å². The number of hydrogen-bond donors (Lipinski definition) is 1. The van der Waals surface area contributed by atoms with Crippen LogP contribution >= 0.6 is 11.3 Å². The van der Waals surface area contributed by atoms with Crippen molar-refractivity contribution in [1.29, 1.82) is 0 Å². The molecule has 3 aromatic rings. The molecule has 21 heavy (non-hydrogen) atoms. The van der Waals surface area contributed by atoms with E-state index in [1.54, 1.807) is 29.2 Å². The molecule has 0 fully saturated rings. The van der Waals surface area contributed by atoms with Gasteiger partial charge >= 0.3 is 0 Å². The summed E-state index contributed by atoms with van der Waals surface area (Å²) in [5.74, 6) is 1.60. The molecule has 3 heterocycles. The fourth-order valence-corrected chi connectivity index (χ4v) is 2.71. The van der Waals surface area contributed by atoms with Crippen LogP contribution in [0.15, 0.2) is 28.4 Å². The number of aromatic nitrogens is 3. The van der Waals surface area contributed by atoms with Gasteiger partial charge < -0.3 is 14.7 Å². The van der Waals surface area contributed by atoms with Crippen molar-refractivity contribution < 1.29 is 9.32 Å². The third kappa shape index (κ3) is 2.84. The van der Waals surface area contributed by atoms with E-state index in [4.69, 9.17) is 4.52 Å². The molecular formula is C13H13N5O2S. The van der Waals surface area contributed by atoms with Crippen LogP contribution in [0.25, 0.3) is 10.2 Å². The van der Waals surface area contributed by atoms with Crippen LogP contribution < -0.4 is 10.2 Å². The van der Waals surface area contributed by atoms with E-state index in [9.17, 15) is 4.79 Å². The number of rotatable bonds is 4. The summed E-state index contributed by atoms with van der Waals surface area (Å²) in [5, 5.41) is 9.30. The van der Waals surface area contributed by atoms with E-state index in [2.05, 4.69) is 20.4 Å². The van der Waals surface area contributed by atoms with Gasteiger partial charge in [0.05, 0.1) is 11.9 Å². The smallest absolute Gasteiger partial charge is 0.245 e. The Morgan fingerprint density at radius 2 is 2.33 bits per heavy atom. The van der Waals surface area contributed by atoms with E-state index in [1.807, 2.05) is 18.5 Å². The van der Waals surface area contributed by atoms with Crippen molar-refractivity contribution in [2.24, 2.45) is 0 Å². The second-order valence-electron chi connectivity index (χ2n) is 4.56. The zero-order valence-corrected chi connectivity index (χ0v) is 12.3. The minimum atomic E-state index is -0.187. The normalized spacial score (nSPS) is 10.8. The van der Waals surface area contributed by atoms with Crippen LogP contribution in [0, 0.1) is 6.92 Å². The van der Waals surface area contributed by atoms with Crippen molar-refractivity contribution in [3.05, 3.63) is 29.6 Å². The number of carbonyl (C=O) groups is 1. The fourth-order valence-electron chi connectivity index (χ4n) is 1.98. The predicted molar refractivity (Wildman–Crippen MR) is 80.6 cm³/mol. The molecule has 1 amide bonds. The molecule has 108 valence electrons. The van der Waals surface area contributed by atoms with E-state index < -0.39 is 0 Å². The number of anilines is 2. The average Bonchev–Trinajstić information content (AvgIpc) is 3.06. The Morgan fingerprint density at radius 1 is 1.48 bits per heavy atom. The molecule has 0 aliphatic rings. The van der Waals surface area contributed by atoms with Gasteiger partial charge in [-0.1, -0.05) is 5.16 Å². The number of nitrogens with one attached hydrogen (secondary N) is 1. The standard InChI is InChI=1S/C13H13N5O2S/c1-8-5-10(17-20-8)16-11(19)6-18(2)12-9-3-4-21-13(9)15-7-14-12/h3-5,7H,6H2,1-2H3,(H,16,17,19). The van der Waals surface area contributed by atoms with Crippen LogP contribution in [-0.4, -0.2) is 34.6 Å². The molecule has 0 aliphatic heterocycles. The van der Waals surface area contributed by atoms with E-state index in [0.29, 0.717) is 11.6 Å². The highest BCUT2D eigenvalue weighted by atomic mass is 32.1. The molecule has 0 spiro atoms. The fraction of sp³-hybridized carbons (Fsp3) is 0.231. The first-order chi connectivity index (χ1) is 10.1. The van der Waals surface area contributed by atoms with Crippen molar-refractivity contribution >= 4 is 39.1 Å². The van der Waals surface area contributed by atoms with E-state index in [1.165, 1.54) is 6.33 Å². The molecule has 8 heteroatoms. The minimum Gasteiger partial charge on any atom is -0.360 e. The third-order valence-electron chi connectivity index (χ3n) is 2.88. The topological polar surface area (TPSA) is 84.2 Å². The first-order valence-electron chi connectivity index (χ1n) is 6.26. The van der Waals surface area contributed by atoms with Gasteiger partial charge in [0.15, 0.2) is 5.82 Å². The van der Waals surface area contributed by atoms with Crippen LogP contribution in [-0.2, 0) is 4.79 Å². The Bertz CT molecular complexity index is 782. The highest BCUT2D eigenvalue weighted by Gasteiger charge is 2.14. The van der Waals surface area contributed by atoms with E-state index >= 15 is 0 Å².